The Morgan fingerprint density at radius 1 is 1.29 bits per heavy atom. The van der Waals surface area contributed by atoms with Crippen molar-refractivity contribution < 1.29 is 14.3 Å². The van der Waals surface area contributed by atoms with E-state index in [4.69, 9.17) is 5.11 Å². The van der Waals surface area contributed by atoms with Crippen molar-refractivity contribution in [2.45, 2.75) is 33.1 Å². The van der Waals surface area contributed by atoms with E-state index in [1.807, 2.05) is 6.07 Å². The number of hydrogen-bond donors (Lipinski definition) is 1. The Bertz CT molecular complexity index is 663. The molecule has 0 fully saturated rings. The van der Waals surface area contributed by atoms with E-state index in [2.05, 4.69) is 9.97 Å². The minimum Gasteiger partial charge on any atom is -0.481 e. The highest BCUT2D eigenvalue weighted by molar-refractivity contribution is 5.76. The Morgan fingerprint density at radius 3 is 2.43 bits per heavy atom. The van der Waals surface area contributed by atoms with Crippen molar-refractivity contribution in [2.75, 3.05) is 0 Å². The summed E-state index contributed by atoms with van der Waals surface area (Å²) in [6.07, 6.45) is 0.418. The number of carboxylic acid groups (broad SMARTS) is 1. The van der Waals surface area contributed by atoms with Gasteiger partial charge in [0.15, 0.2) is 0 Å². The van der Waals surface area contributed by atoms with Crippen molar-refractivity contribution in [3.63, 3.8) is 0 Å². The molecule has 0 aliphatic carbocycles. The quantitative estimate of drug-likeness (QED) is 0.939. The zero-order chi connectivity index (χ0) is 15.6. The van der Waals surface area contributed by atoms with E-state index in [9.17, 15) is 9.18 Å². The lowest BCUT2D eigenvalue weighted by atomic mass is 9.98. The predicted molar refractivity (Wildman–Crippen MR) is 76.8 cm³/mol. The summed E-state index contributed by atoms with van der Waals surface area (Å²) < 4.78 is 13.2. The minimum atomic E-state index is -0.900. The molecule has 1 unspecified atom stereocenters. The number of rotatable bonds is 4. The fourth-order valence-electron chi connectivity index (χ4n) is 2.45. The van der Waals surface area contributed by atoms with Crippen LogP contribution in [-0.4, -0.2) is 21.0 Å². The second-order valence-electron chi connectivity index (χ2n) is 5.09. The van der Waals surface area contributed by atoms with Crippen LogP contribution in [0.15, 0.2) is 24.3 Å². The van der Waals surface area contributed by atoms with Gasteiger partial charge in [-0.2, -0.15) is 0 Å². The molecule has 0 bridgehead atoms. The molecular weight excluding hydrogens is 271 g/mol. The van der Waals surface area contributed by atoms with Crippen molar-refractivity contribution in [3.05, 3.63) is 58.4 Å². The molecule has 110 valence electrons. The molecule has 0 saturated heterocycles. The van der Waals surface area contributed by atoms with Gasteiger partial charge in [-0.25, -0.2) is 14.4 Å². The molecule has 4 nitrogen and oxygen atoms in total. The monoisotopic (exact) mass is 288 g/mol. The Morgan fingerprint density at radius 2 is 1.90 bits per heavy atom. The van der Waals surface area contributed by atoms with Gasteiger partial charge in [0, 0.05) is 23.4 Å². The summed E-state index contributed by atoms with van der Waals surface area (Å²) in [6.45, 7) is 5.17. The summed E-state index contributed by atoms with van der Waals surface area (Å²) in [4.78, 5) is 19.9. The number of aromatic nitrogens is 2. The second-order valence-corrected chi connectivity index (χ2v) is 5.09. The van der Waals surface area contributed by atoms with Crippen molar-refractivity contribution in [2.24, 2.45) is 0 Å². The van der Waals surface area contributed by atoms with Crippen LogP contribution in [0.1, 0.15) is 41.2 Å². The van der Waals surface area contributed by atoms with Crippen molar-refractivity contribution in [1.29, 1.82) is 0 Å². The van der Waals surface area contributed by atoms with E-state index in [1.54, 1.807) is 26.8 Å². The average molecular weight is 288 g/mol. The number of halogens is 1. The van der Waals surface area contributed by atoms with Crippen LogP contribution < -0.4 is 0 Å². The molecule has 5 heteroatoms. The van der Waals surface area contributed by atoms with Crippen LogP contribution >= 0.6 is 0 Å². The van der Waals surface area contributed by atoms with Crippen LogP contribution in [0.5, 0.6) is 0 Å². The lowest BCUT2D eigenvalue weighted by Crippen LogP contribution is -2.14. The molecule has 0 amide bonds. The molecule has 0 radical (unpaired) electrons. The molecule has 1 aromatic carbocycles. The maximum absolute atomic E-state index is 13.2. The van der Waals surface area contributed by atoms with Gasteiger partial charge in [-0.15, -0.1) is 0 Å². The Balaban J connectivity index is 2.34. The van der Waals surface area contributed by atoms with Gasteiger partial charge < -0.3 is 5.11 Å². The van der Waals surface area contributed by atoms with Crippen molar-refractivity contribution in [1.82, 2.24) is 9.97 Å². The third kappa shape index (κ3) is 3.42. The molecule has 1 aromatic heterocycles. The maximum atomic E-state index is 13.2. The minimum absolute atomic E-state index is 0.294. The first kappa shape index (κ1) is 15.1. The van der Waals surface area contributed by atoms with Gasteiger partial charge in [0.1, 0.15) is 11.6 Å². The molecule has 1 heterocycles. The predicted octanol–water partition coefficient (Wildman–Crippen LogP) is 3.01. The first-order chi connectivity index (χ1) is 9.88. The van der Waals surface area contributed by atoms with Crippen LogP contribution in [0.25, 0.3) is 0 Å². The molecule has 1 N–H and O–H groups in total. The summed E-state index contributed by atoms with van der Waals surface area (Å²) in [7, 11) is 0. The van der Waals surface area contributed by atoms with E-state index in [0.29, 0.717) is 29.2 Å². The summed E-state index contributed by atoms with van der Waals surface area (Å²) in [5.74, 6) is -1.27. The van der Waals surface area contributed by atoms with Crippen molar-refractivity contribution >= 4 is 5.97 Å². The number of carbonyl (C=O) groups is 1. The molecule has 0 spiro atoms. The molecule has 2 aromatic rings. The van der Waals surface area contributed by atoms with Gasteiger partial charge in [0.2, 0.25) is 0 Å². The smallest absolute Gasteiger partial charge is 0.310 e. The SMILES string of the molecule is Cc1nc(Cc2cccc(F)c2)nc(C)c1C(C)C(=O)O. The van der Waals surface area contributed by atoms with Crippen LogP contribution in [0.4, 0.5) is 4.39 Å². The molecule has 0 saturated carbocycles. The summed E-state index contributed by atoms with van der Waals surface area (Å²) in [5, 5.41) is 9.12. The third-order valence-corrected chi connectivity index (χ3v) is 3.43. The van der Waals surface area contributed by atoms with Gasteiger partial charge in [-0.05, 0) is 38.5 Å². The highest BCUT2D eigenvalue weighted by Gasteiger charge is 2.20. The summed E-state index contributed by atoms with van der Waals surface area (Å²) >= 11 is 0. The molecule has 0 aliphatic rings. The van der Waals surface area contributed by atoms with E-state index >= 15 is 0 Å². The third-order valence-electron chi connectivity index (χ3n) is 3.43. The van der Waals surface area contributed by atoms with Gasteiger partial charge in [-0.1, -0.05) is 12.1 Å². The largest absolute Gasteiger partial charge is 0.481 e. The Labute approximate surface area is 122 Å². The van der Waals surface area contributed by atoms with E-state index in [-0.39, 0.29) is 5.82 Å². The number of benzene rings is 1. The van der Waals surface area contributed by atoms with Crippen LogP contribution in [0.3, 0.4) is 0 Å². The van der Waals surface area contributed by atoms with Gasteiger partial charge in [0.05, 0.1) is 5.92 Å². The molecular formula is C16H17FN2O2. The zero-order valence-corrected chi connectivity index (χ0v) is 12.2. The number of carboxylic acids is 1. The molecule has 1 atom stereocenters. The molecule has 0 aliphatic heterocycles. The lowest BCUT2D eigenvalue weighted by Gasteiger charge is -2.14. The summed E-state index contributed by atoms with van der Waals surface area (Å²) in [5.41, 5.74) is 2.74. The van der Waals surface area contributed by atoms with Gasteiger partial charge >= 0.3 is 5.97 Å². The normalized spacial score (nSPS) is 12.2. The van der Waals surface area contributed by atoms with E-state index in [1.165, 1.54) is 12.1 Å². The van der Waals surface area contributed by atoms with E-state index in [0.717, 1.165) is 5.56 Å². The van der Waals surface area contributed by atoms with Crippen LogP contribution in [-0.2, 0) is 11.2 Å². The second kappa shape index (κ2) is 5.99. The highest BCUT2D eigenvalue weighted by atomic mass is 19.1. The van der Waals surface area contributed by atoms with Gasteiger partial charge in [0.25, 0.3) is 0 Å². The van der Waals surface area contributed by atoms with Crippen LogP contribution in [0.2, 0.25) is 0 Å². The van der Waals surface area contributed by atoms with Crippen molar-refractivity contribution in [3.8, 4) is 0 Å². The number of nitrogens with zero attached hydrogens (tertiary/aromatic N) is 2. The topological polar surface area (TPSA) is 63.1 Å². The Kier molecular flexibility index (Phi) is 4.31. The molecule has 2 rings (SSSR count). The maximum Gasteiger partial charge on any atom is 0.310 e. The fourth-order valence-corrected chi connectivity index (χ4v) is 2.45. The first-order valence-corrected chi connectivity index (χ1v) is 6.69. The number of aliphatic carboxylic acids is 1. The number of hydrogen-bond acceptors (Lipinski definition) is 3. The highest BCUT2D eigenvalue weighted by Crippen LogP contribution is 2.22. The average Bonchev–Trinajstić information content (AvgIpc) is 2.37. The zero-order valence-electron chi connectivity index (χ0n) is 12.2. The van der Waals surface area contributed by atoms with Crippen LogP contribution in [0, 0.1) is 19.7 Å². The fraction of sp³-hybridized carbons (Fsp3) is 0.312. The summed E-state index contributed by atoms with van der Waals surface area (Å²) in [6, 6.07) is 6.29. The van der Waals surface area contributed by atoms with Gasteiger partial charge in [-0.3, -0.25) is 4.79 Å². The Hall–Kier alpha value is -2.30. The number of aryl methyl sites for hydroxylation is 2. The standard InChI is InChI=1S/C16H17FN2O2/c1-9(16(20)21)15-10(2)18-14(19-11(15)3)8-12-5-4-6-13(17)7-12/h4-7,9H,8H2,1-3H3,(H,20,21). The first-order valence-electron chi connectivity index (χ1n) is 6.69. The molecule has 21 heavy (non-hydrogen) atoms. The van der Waals surface area contributed by atoms with E-state index < -0.39 is 11.9 Å². The lowest BCUT2D eigenvalue weighted by molar-refractivity contribution is -0.138.